The molecular weight excluding hydrogens is 343 g/mol. The molecule has 110 valence electrons. The molecule has 0 unspecified atom stereocenters. The molecule has 21 heavy (non-hydrogen) atoms. The Labute approximate surface area is 128 Å². The van der Waals surface area contributed by atoms with Crippen LogP contribution >= 0.6 is 15.9 Å². The third-order valence-electron chi connectivity index (χ3n) is 2.59. The van der Waals surface area contributed by atoms with Crippen molar-refractivity contribution >= 4 is 33.4 Å². The monoisotopic (exact) mass is 354 g/mol. The Morgan fingerprint density at radius 3 is 2.76 bits per heavy atom. The fourth-order valence-corrected chi connectivity index (χ4v) is 1.92. The maximum Gasteiger partial charge on any atom is 0.286 e. The highest BCUT2D eigenvalue weighted by Crippen LogP contribution is 2.19. The van der Waals surface area contributed by atoms with Crippen molar-refractivity contribution in [3.63, 3.8) is 0 Å². The van der Waals surface area contributed by atoms with E-state index < -0.39 is 17.6 Å². The van der Waals surface area contributed by atoms with E-state index in [1.165, 1.54) is 24.5 Å². The van der Waals surface area contributed by atoms with Crippen LogP contribution in [0, 0.1) is 5.82 Å². The van der Waals surface area contributed by atoms with E-state index in [2.05, 4.69) is 26.6 Å². The standard InChI is InChI=1S/C14H12BrFN2O3/c15-9-3-4-11(10(16)8-9)18-13(19)5-6-17-14(20)12-2-1-7-21-12/h1-4,7-8H,5-6H2,(H,17,20)(H,18,19). The number of carbonyl (C=O) groups excluding carboxylic acids is 2. The molecule has 1 aromatic heterocycles. The third kappa shape index (κ3) is 4.42. The highest BCUT2D eigenvalue weighted by molar-refractivity contribution is 9.10. The Balaban J connectivity index is 1.78. The summed E-state index contributed by atoms with van der Waals surface area (Å²) in [6.45, 7) is 0.128. The minimum atomic E-state index is -0.530. The van der Waals surface area contributed by atoms with Gasteiger partial charge in [0.25, 0.3) is 5.91 Å². The molecule has 0 aliphatic carbocycles. The Hall–Kier alpha value is -2.15. The molecule has 0 atom stereocenters. The number of benzene rings is 1. The van der Waals surface area contributed by atoms with E-state index in [4.69, 9.17) is 4.42 Å². The average Bonchev–Trinajstić information content (AvgIpc) is 2.96. The average molecular weight is 355 g/mol. The minimum absolute atomic E-state index is 0.0297. The molecular formula is C14H12BrFN2O3. The van der Waals surface area contributed by atoms with Crippen LogP contribution < -0.4 is 10.6 Å². The molecule has 0 saturated heterocycles. The molecule has 2 N–H and O–H groups in total. The lowest BCUT2D eigenvalue weighted by Crippen LogP contribution is -2.27. The van der Waals surface area contributed by atoms with Crippen molar-refractivity contribution in [1.82, 2.24) is 5.32 Å². The summed E-state index contributed by atoms with van der Waals surface area (Å²) in [6.07, 6.45) is 1.42. The molecule has 0 saturated carbocycles. The van der Waals surface area contributed by atoms with Gasteiger partial charge in [-0.3, -0.25) is 9.59 Å². The van der Waals surface area contributed by atoms with Gasteiger partial charge in [0.1, 0.15) is 5.82 Å². The van der Waals surface area contributed by atoms with Crippen LogP contribution in [0.15, 0.2) is 45.5 Å². The van der Waals surface area contributed by atoms with E-state index in [-0.39, 0.29) is 24.4 Å². The largest absolute Gasteiger partial charge is 0.459 e. The smallest absolute Gasteiger partial charge is 0.286 e. The molecule has 7 heteroatoms. The van der Waals surface area contributed by atoms with Crippen LogP contribution in [0.4, 0.5) is 10.1 Å². The summed E-state index contributed by atoms with van der Waals surface area (Å²) in [6, 6.07) is 7.45. The summed E-state index contributed by atoms with van der Waals surface area (Å²) in [5, 5.41) is 4.97. The Morgan fingerprint density at radius 1 is 1.29 bits per heavy atom. The molecule has 0 fully saturated rings. The molecule has 2 rings (SSSR count). The number of hydrogen-bond donors (Lipinski definition) is 2. The number of carbonyl (C=O) groups is 2. The summed E-state index contributed by atoms with van der Waals surface area (Å²) in [7, 11) is 0. The van der Waals surface area contributed by atoms with Gasteiger partial charge in [0, 0.05) is 17.4 Å². The van der Waals surface area contributed by atoms with Gasteiger partial charge in [-0.25, -0.2) is 4.39 Å². The van der Waals surface area contributed by atoms with E-state index in [1.807, 2.05) is 0 Å². The van der Waals surface area contributed by atoms with Crippen LogP contribution in [0.5, 0.6) is 0 Å². The van der Waals surface area contributed by atoms with Crippen LogP contribution in [0.2, 0.25) is 0 Å². The first kappa shape index (κ1) is 15.2. The molecule has 5 nitrogen and oxygen atoms in total. The molecule has 0 aliphatic heterocycles. The number of amides is 2. The molecule has 1 aromatic carbocycles. The maximum absolute atomic E-state index is 13.5. The molecule has 0 radical (unpaired) electrons. The predicted octanol–water partition coefficient (Wildman–Crippen LogP) is 2.94. The number of rotatable bonds is 5. The van der Waals surface area contributed by atoms with Crippen LogP contribution in [0.25, 0.3) is 0 Å². The van der Waals surface area contributed by atoms with Crippen molar-refractivity contribution in [2.24, 2.45) is 0 Å². The summed E-state index contributed by atoms with van der Waals surface area (Å²) < 4.78 is 19.0. The van der Waals surface area contributed by atoms with Gasteiger partial charge in [-0.1, -0.05) is 15.9 Å². The van der Waals surface area contributed by atoms with E-state index >= 15 is 0 Å². The first-order valence-electron chi connectivity index (χ1n) is 6.13. The summed E-state index contributed by atoms with van der Waals surface area (Å²) in [5.41, 5.74) is 0.0977. The van der Waals surface area contributed by atoms with Gasteiger partial charge in [0.2, 0.25) is 5.91 Å². The van der Waals surface area contributed by atoms with Gasteiger partial charge in [0.05, 0.1) is 12.0 Å². The summed E-state index contributed by atoms with van der Waals surface area (Å²) in [5.74, 6) is -1.15. The second-order valence-corrected chi connectivity index (χ2v) is 5.07. The molecule has 2 aromatic rings. The third-order valence-corrected chi connectivity index (χ3v) is 3.08. The van der Waals surface area contributed by atoms with Gasteiger partial charge < -0.3 is 15.1 Å². The van der Waals surface area contributed by atoms with Crippen LogP contribution in [0.1, 0.15) is 17.0 Å². The van der Waals surface area contributed by atoms with Crippen molar-refractivity contribution in [3.05, 3.63) is 52.6 Å². The van der Waals surface area contributed by atoms with Crippen molar-refractivity contribution < 1.29 is 18.4 Å². The Kier molecular flexibility index (Phi) is 5.10. The van der Waals surface area contributed by atoms with Crippen LogP contribution in [0.3, 0.4) is 0 Å². The van der Waals surface area contributed by atoms with E-state index in [0.29, 0.717) is 4.47 Å². The quantitative estimate of drug-likeness (QED) is 0.866. The van der Waals surface area contributed by atoms with E-state index in [9.17, 15) is 14.0 Å². The first-order chi connectivity index (χ1) is 10.1. The zero-order valence-corrected chi connectivity index (χ0v) is 12.4. The van der Waals surface area contributed by atoms with Crippen molar-refractivity contribution in [1.29, 1.82) is 0 Å². The molecule has 0 spiro atoms. The zero-order valence-electron chi connectivity index (χ0n) is 10.9. The predicted molar refractivity (Wildman–Crippen MR) is 78.4 cm³/mol. The lowest BCUT2D eigenvalue weighted by atomic mass is 10.3. The number of nitrogens with one attached hydrogen (secondary N) is 2. The van der Waals surface area contributed by atoms with Crippen LogP contribution in [-0.2, 0) is 4.79 Å². The molecule has 0 bridgehead atoms. The second-order valence-electron chi connectivity index (χ2n) is 4.16. The lowest BCUT2D eigenvalue weighted by molar-refractivity contribution is -0.116. The fourth-order valence-electron chi connectivity index (χ4n) is 1.59. The SMILES string of the molecule is O=C(CCNC(=O)c1ccco1)Nc1ccc(Br)cc1F. The minimum Gasteiger partial charge on any atom is -0.459 e. The molecule has 1 heterocycles. The lowest BCUT2D eigenvalue weighted by Gasteiger charge is -2.07. The fraction of sp³-hybridized carbons (Fsp3) is 0.143. The second kappa shape index (κ2) is 7.03. The number of anilines is 1. The van der Waals surface area contributed by atoms with Gasteiger partial charge in [-0.2, -0.15) is 0 Å². The van der Waals surface area contributed by atoms with Gasteiger partial charge in [-0.15, -0.1) is 0 Å². The number of halogens is 2. The van der Waals surface area contributed by atoms with Gasteiger partial charge >= 0.3 is 0 Å². The maximum atomic E-state index is 13.5. The van der Waals surface area contributed by atoms with E-state index in [0.717, 1.165) is 0 Å². The van der Waals surface area contributed by atoms with E-state index in [1.54, 1.807) is 12.1 Å². The first-order valence-corrected chi connectivity index (χ1v) is 6.92. The Morgan fingerprint density at radius 2 is 2.10 bits per heavy atom. The highest BCUT2D eigenvalue weighted by atomic mass is 79.9. The number of furan rings is 1. The van der Waals surface area contributed by atoms with Crippen LogP contribution in [-0.4, -0.2) is 18.4 Å². The molecule has 0 aliphatic rings. The summed E-state index contributed by atoms with van der Waals surface area (Å²) >= 11 is 3.13. The van der Waals surface area contributed by atoms with Gasteiger partial charge in [0.15, 0.2) is 5.76 Å². The Bertz CT molecular complexity index is 644. The van der Waals surface area contributed by atoms with Crippen molar-refractivity contribution in [2.45, 2.75) is 6.42 Å². The normalized spacial score (nSPS) is 10.2. The number of hydrogen-bond acceptors (Lipinski definition) is 3. The zero-order chi connectivity index (χ0) is 15.2. The van der Waals surface area contributed by atoms with Gasteiger partial charge in [-0.05, 0) is 30.3 Å². The topological polar surface area (TPSA) is 71.3 Å². The molecule has 2 amide bonds. The van der Waals surface area contributed by atoms with Crippen molar-refractivity contribution in [2.75, 3.05) is 11.9 Å². The highest BCUT2D eigenvalue weighted by Gasteiger charge is 2.10. The van der Waals surface area contributed by atoms with Crippen molar-refractivity contribution in [3.8, 4) is 0 Å². The summed E-state index contributed by atoms with van der Waals surface area (Å²) in [4.78, 5) is 23.2.